The minimum atomic E-state index is -3.61. The highest BCUT2D eigenvalue weighted by Gasteiger charge is 2.31. The first-order chi connectivity index (χ1) is 12.0. The second-order valence-corrected chi connectivity index (χ2v) is 8.18. The summed E-state index contributed by atoms with van der Waals surface area (Å²) in [6.45, 7) is 0.565. The quantitative estimate of drug-likeness (QED) is 0.706. The average Bonchev–Trinajstić information content (AvgIpc) is 3.07. The van der Waals surface area contributed by atoms with Crippen molar-refractivity contribution >= 4 is 21.6 Å². The summed E-state index contributed by atoms with van der Waals surface area (Å²) in [4.78, 5) is 8.39. The van der Waals surface area contributed by atoms with E-state index in [1.807, 2.05) is 18.2 Å². The van der Waals surface area contributed by atoms with E-state index in [2.05, 4.69) is 9.97 Å². The van der Waals surface area contributed by atoms with Crippen molar-refractivity contribution in [2.45, 2.75) is 18.0 Å². The van der Waals surface area contributed by atoms with Gasteiger partial charge in [-0.15, -0.1) is 0 Å². The number of benzene rings is 2. The van der Waals surface area contributed by atoms with Crippen LogP contribution in [0.3, 0.4) is 0 Å². The van der Waals surface area contributed by atoms with Gasteiger partial charge in [-0.1, -0.05) is 35.9 Å². The zero-order valence-electron chi connectivity index (χ0n) is 13.1. The lowest BCUT2D eigenvalue weighted by atomic mass is 10.1. The van der Waals surface area contributed by atoms with Gasteiger partial charge in [-0.2, -0.15) is 4.31 Å². The largest absolute Gasteiger partial charge is 0.244 e. The summed E-state index contributed by atoms with van der Waals surface area (Å²) < 4.78 is 27.4. The van der Waals surface area contributed by atoms with Gasteiger partial charge in [-0.05, 0) is 35.4 Å². The van der Waals surface area contributed by atoms with Crippen molar-refractivity contribution in [3.8, 4) is 11.1 Å². The Morgan fingerprint density at radius 3 is 2.56 bits per heavy atom. The zero-order valence-corrected chi connectivity index (χ0v) is 14.7. The molecule has 1 aromatic heterocycles. The van der Waals surface area contributed by atoms with Crippen LogP contribution in [0.5, 0.6) is 0 Å². The Bertz CT molecular complexity index is 1010. The van der Waals surface area contributed by atoms with Crippen LogP contribution >= 0.6 is 11.6 Å². The molecule has 0 saturated carbocycles. The van der Waals surface area contributed by atoms with Gasteiger partial charge in [0.2, 0.25) is 10.0 Å². The number of halogens is 1. The molecule has 0 saturated heterocycles. The summed E-state index contributed by atoms with van der Waals surface area (Å²) >= 11 is 5.92. The highest BCUT2D eigenvalue weighted by Crippen LogP contribution is 2.29. The van der Waals surface area contributed by atoms with E-state index in [0.717, 1.165) is 22.4 Å². The molecular weight excluding hydrogens is 358 g/mol. The fraction of sp³-hybridized carbons (Fsp3) is 0.111. The molecule has 0 atom stereocenters. The third-order valence-electron chi connectivity index (χ3n) is 4.20. The van der Waals surface area contributed by atoms with E-state index in [4.69, 9.17) is 11.6 Å². The first-order valence-corrected chi connectivity index (χ1v) is 9.50. The third-order valence-corrected chi connectivity index (χ3v) is 6.24. The lowest BCUT2D eigenvalue weighted by Crippen LogP contribution is -2.25. The first kappa shape index (κ1) is 16.2. The molecule has 7 heteroatoms. The molecule has 2 heterocycles. The Hall–Kier alpha value is -2.28. The van der Waals surface area contributed by atoms with Crippen LogP contribution in [0.15, 0.2) is 66.0 Å². The molecule has 0 radical (unpaired) electrons. The summed E-state index contributed by atoms with van der Waals surface area (Å²) in [6.07, 6.45) is 3.11. The maximum absolute atomic E-state index is 13.0. The number of aromatic nitrogens is 2. The molecule has 126 valence electrons. The van der Waals surface area contributed by atoms with Crippen LogP contribution in [-0.4, -0.2) is 22.7 Å². The predicted molar refractivity (Wildman–Crippen MR) is 95.4 cm³/mol. The second-order valence-electron chi connectivity index (χ2n) is 5.80. The van der Waals surface area contributed by atoms with Crippen molar-refractivity contribution in [3.05, 3.63) is 77.3 Å². The summed E-state index contributed by atoms with van der Waals surface area (Å²) in [5, 5.41) is 0.642. The van der Waals surface area contributed by atoms with Crippen LogP contribution < -0.4 is 0 Å². The van der Waals surface area contributed by atoms with Gasteiger partial charge in [0.1, 0.15) is 6.33 Å². The van der Waals surface area contributed by atoms with E-state index in [1.165, 1.54) is 10.6 Å². The Kier molecular flexibility index (Phi) is 4.03. The highest BCUT2D eigenvalue weighted by atomic mass is 35.5. The molecule has 25 heavy (non-hydrogen) atoms. The number of sulfonamides is 1. The molecular formula is C18H14ClN3O2S. The minimum Gasteiger partial charge on any atom is -0.244 e. The number of nitrogens with zero attached hydrogens (tertiary/aromatic N) is 3. The number of rotatable bonds is 3. The second kappa shape index (κ2) is 6.22. The number of fused-ring (bicyclic) bond motifs is 1. The summed E-state index contributed by atoms with van der Waals surface area (Å²) in [6, 6.07) is 14.2. The van der Waals surface area contributed by atoms with Crippen LogP contribution in [0.4, 0.5) is 0 Å². The van der Waals surface area contributed by atoms with Gasteiger partial charge >= 0.3 is 0 Å². The van der Waals surface area contributed by atoms with Gasteiger partial charge in [0.05, 0.1) is 17.1 Å². The Morgan fingerprint density at radius 1 is 1.00 bits per heavy atom. The molecule has 1 aliphatic rings. The van der Waals surface area contributed by atoms with Crippen LogP contribution in [-0.2, 0) is 23.1 Å². The lowest BCUT2D eigenvalue weighted by molar-refractivity contribution is 0.430. The van der Waals surface area contributed by atoms with Crippen molar-refractivity contribution in [2.75, 3.05) is 0 Å². The molecule has 1 aliphatic heterocycles. The van der Waals surface area contributed by atoms with Gasteiger partial charge in [-0.3, -0.25) is 0 Å². The number of hydrogen-bond acceptors (Lipinski definition) is 4. The smallest absolute Gasteiger partial charge is 0.243 e. The van der Waals surface area contributed by atoms with Crippen molar-refractivity contribution in [1.29, 1.82) is 0 Å². The maximum Gasteiger partial charge on any atom is 0.243 e. The molecule has 0 aliphatic carbocycles. The normalized spacial score (nSPS) is 14.4. The van der Waals surface area contributed by atoms with Crippen LogP contribution in [0.2, 0.25) is 5.02 Å². The van der Waals surface area contributed by atoms with E-state index in [0.29, 0.717) is 11.6 Å². The van der Waals surface area contributed by atoms with Crippen molar-refractivity contribution in [2.24, 2.45) is 0 Å². The van der Waals surface area contributed by atoms with Crippen LogP contribution in [0.1, 0.15) is 11.3 Å². The topological polar surface area (TPSA) is 63.2 Å². The van der Waals surface area contributed by atoms with E-state index in [1.54, 1.807) is 36.5 Å². The highest BCUT2D eigenvalue weighted by molar-refractivity contribution is 7.89. The molecule has 0 amide bonds. The van der Waals surface area contributed by atoms with E-state index in [9.17, 15) is 8.42 Å². The molecule has 0 spiro atoms. The molecule has 0 unspecified atom stereocenters. The molecule has 5 nitrogen and oxygen atoms in total. The SMILES string of the molecule is O=S(=O)(c1cccc(-c2ccc(Cl)cc2)c1)N1Cc2cncnc2C1. The van der Waals surface area contributed by atoms with Crippen molar-refractivity contribution < 1.29 is 8.42 Å². The molecule has 3 aromatic rings. The monoisotopic (exact) mass is 371 g/mol. The number of hydrogen-bond donors (Lipinski definition) is 0. The van der Waals surface area contributed by atoms with Crippen molar-refractivity contribution in [3.63, 3.8) is 0 Å². The van der Waals surface area contributed by atoms with E-state index < -0.39 is 10.0 Å². The van der Waals surface area contributed by atoms with Crippen LogP contribution in [0.25, 0.3) is 11.1 Å². The summed E-state index contributed by atoms with van der Waals surface area (Å²) in [7, 11) is -3.61. The Morgan fingerprint density at radius 2 is 1.80 bits per heavy atom. The fourth-order valence-corrected chi connectivity index (χ4v) is 4.42. The molecule has 0 N–H and O–H groups in total. The van der Waals surface area contributed by atoms with Gasteiger partial charge in [0.15, 0.2) is 0 Å². The van der Waals surface area contributed by atoms with Gasteiger partial charge in [-0.25, -0.2) is 18.4 Å². The standard InChI is InChI=1S/C18H14ClN3O2S/c19-16-6-4-13(5-7-16)14-2-1-3-17(8-14)25(23,24)22-10-15-9-20-12-21-18(15)11-22/h1-9,12H,10-11H2. The van der Waals surface area contributed by atoms with E-state index >= 15 is 0 Å². The van der Waals surface area contributed by atoms with E-state index in [-0.39, 0.29) is 11.4 Å². The minimum absolute atomic E-state index is 0.265. The van der Waals surface area contributed by atoms with Gasteiger partial charge in [0, 0.05) is 23.3 Å². The molecule has 0 fully saturated rings. The molecule has 2 aromatic carbocycles. The van der Waals surface area contributed by atoms with Gasteiger partial charge in [0.25, 0.3) is 0 Å². The van der Waals surface area contributed by atoms with Gasteiger partial charge < -0.3 is 0 Å². The lowest BCUT2D eigenvalue weighted by Gasteiger charge is -2.16. The molecule has 0 bridgehead atoms. The Balaban J connectivity index is 1.68. The molecule has 4 rings (SSSR count). The first-order valence-electron chi connectivity index (χ1n) is 7.68. The third kappa shape index (κ3) is 3.04. The zero-order chi connectivity index (χ0) is 17.4. The average molecular weight is 372 g/mol. The predicted octanol–water partition coefficient (Wildman–Crippen LogP) is 3.50. The Labute approximate surface area is 151 Å². The summed E-state index contributed by atoms with van der Waals surface area (Å²) in [5.74, 6) is 0. The maximum atomic E-state index is 13.0. The van der Waals surface area contributed by atoms with Crippen molar-refractivity contribution in [1.82, 2.24) is 14.3 Å². The van der Waals surface area contributed by atoms with Crippen LogP contribution in [0, 0.1) is 0 Å². The fourth-order valence-electron chi connectivity index (χ4n) is 2.87. The summed E-state index contributed by atoms with van der Waals surface area (Å²) in [5.41, 5.74) is 3.35.